The van der Waals surface area contributed by atoms with Crippen LogP contribution in [0.5, 0.6) is 0 Å². The van der Waals surface area contributed by atoms with Gasteiger partial charge in [-0.1, -0.05) is 6.07 Å². The molecule has 1 N–H and O–H groups in total. The van der Waals surface area contributed by atoms with Crippen LogP contribution < -0.4 is 4.72 Å². The Morgan fingerprint density at radius 1 is 1.25 bits per heavy atom. The number of hydrogen-bond acceptors (Lipinski definition) is 4. The Balaban J connectivity index is 1.92. The number of hydrogen-bond donors (Lipinski definition) is 1. The lowest BCUT2D eigenvalue weighted by atomic mass is 10.0. The first-order valence-corrected chi connectivity index (χ1v) is 11.0. The van der Waals surface area contributed by atoms with Crippen molar-refractivity contribution < 1.29 is 26.0 Å². The number of aromatic nitrogens is 1. The highest BCUT2D eigenvalue weighted by Gasteiger charge is 2.37. The highest BCUT2D eigenvalue weighted by molar-refractivity contribution is 14.1. The first-order valence-electron chi connectivity index (χ1n) is 8.40. The second kappa shape index (κ2) is 6.90. The van der Waals surface area contributed by atoms with E-state index in [0.717, 1.165) is 0 Å². The number of anilines is 1. The van der Waals surface area contributed by atoms with Crippen LogP contribution in [0.2, 0.25) is 0 Å². The molecule has 4 rings (SSSR count). The Hall–Kier alpha value is -1.82. The standard InChI is InChI=1S/C18H14F3IN2O3S/c1-8-23-17-15(21)14(20)12(6-9-2-3-10(22)7-13(9)19)16(18(17)27-8)24-28(25,26)11-4-5-11/h2-3,7,11,24H,4-6H2,1H3. The average molecular weight is 522 g/mol. The van der Waals surface area contributed by atoms with Crippen molar-refractivity contribution in [1.29, 1.82) is 0 Å². The molecule has 10 heteroatoms. The lowest BCUT2D eigenvalue weighted by molar-refractivity contribution is 0.506. The van der Waals surface area contributed by atoms with Gasteiger partial charge in [0.1, 0.15) is 11.5 Å². The Morgan fingerprint density at radius 3 is 2.61 bits per heavy atom. The highest BCUT2D eigenvalue weighted by Crippen LogP contribution is 2.38. The Labute approximate surface area is 172 Å². The zero-order valence-electron chi connectivity index (χ0n) is 14.5. The lowest BCUT2D eigenvalue weighted by Gasteiger charge is -2.15. The summed E-state index contributed by atoms with van der Waals surface area (Å²) in [5.41, 5.74) is -1.08. The molecule has 1 aromatic heterocycles. The van der Waals surface area contributed by atoms with Crippen molar-refractivity contribution >= 4 is 49.4 Å². The third kappa shape index (κ3) is 3.47. The monoisotopic (exact) mass is 522 g/mol. The first kappa shape index (κ1) is 19.5. The molecular formula is C18H14F3IN2O3S. The van der Waals surface area contributed by atoms with E-state index in [1.54, 1.807) is 6.07 Å². The van der Waals surface area contributed by atoms with Gasteiger partial charge in [-0.15, -0.1) is 0 Å². The molecule has 148 valence electrons. The second-order valence-corrected chi connectivity index (χ2v) is 9.86. The summed E-state index contributed by atoms with van der Waals surface area (Å²) >= 11 is 1.93. The van der Waals surface area contributed by atoms with Crippen LogP contribution in [0.1, 0.15) is 29.9 Å². The quantitative estimate of drug-likeness (QED) is 0.496. The molecular weight excluding hydrogens is 508 g/mol. The molecule has 28 heavy (non-hydrogen) atoms. The maximum Gasteiger partial charge on any atom is 0.235 e. The van der Waals surface area contributed by atoms with Crippen LogP contribution in [0, 0.1) is 27.9 Å². The predicted octanol–water partition coefficient (Wildman–Crippen LogP) is 4.65. The van der Waals surface area contributed by atoms with Crippen molar-refractivity contribution in [1.82, 2.24) is 4.98 Å². The smallest absolute Gasteiger partial charge is 0.235 e. The maximum absolute atomic E-state index is 14.9. The van der Waals surface area contributed by atoms with Crippen molar-refractivity contribution in [2.75, 3.05) is 4.72 Å². The van der Waals surface area contributed by atoms with E-state index < -0.39 is 38.2 Å². The van der Waals surface area contributed by atoms with E-state index in [0.29, 0.717) is 16.4 Å². The van der Waals surface area contributed by atoms with Gasteiger partial charge in [0.15, 0.2) is 28.6 Å². The molecule has 0 amide bonds. The van der Waals surface area contributed by atoms with Gasteiger partial charge in [-0.3, -0.25) is 4.72 Å². The van der Waals surface area contributed by atoms with Gasteiger partial charge < -0.3 is 4.42 Å². The lowest BCUT2D eigenvalue weighted by Crippen LogP contribution is -2.19. The van der Waals surface area contributed by atoms with Crippen molar-refractivity contribution in [2.24, 2.45) is 0 Å². The maximum atomic E-state index is 14.9. The molecule has 1 aliphatic carbocycles. The van der Waals surface area contributed by atoms with Crippen molar-refractivity contribution in [2.45, 2.75) is 31.4 Å². The molecule has 1 fully saturated rings. The van der Waals surface area contributed by atoms with Gasteiger partial charge in [0.05, 0.1) is 5.25 Å². The average Bonchev–Trinajstić information content (AvgIpc) is 3.41. The van der Waals surface area contributed by atoms with Crippen molar-refractivity contribution in [3.8, 4) is 0 Å². The fourth-order valence-corrected chi connectivity index (χ4v) is 4.84. The number of halogens is 4. The van der Waals surface area contributed by atoms with Crippen LogP contribution in [0.4, 0.5) is 18.9 Å². The summed E-state index contributed by atoms with van der Waals surface area (Å²) in [6, 6.07) is 4.33. The Kier molecular flexibility index (Phi) is 4.81. The zero-order chi connectivity index (χ0) is 20.2. The molecule has 5 nitrogen and oxygen atoms in total. The van der Waals surface area contributed by atoms with Crippen LogP contribution in [-0.4, -0.2) is 18.7 Å². The molecule has 0 atom stereocenters. The van der Waals surface area contributed by atoms with Gasteiger partial charge >= 0.3 is 0 Å². The van der Waals surface area contributed by atoms with Gasteiger partial charge in [-0.25, -0.2) is 26.6 Å². The molecule has 1 saturated carbocycles. The molecule has 1 heterocycles. The summed E-state index contributed by atoms with van der Waals surface area (Å²) in [6.45, 7) is 1.44. The van der Waals surface area contributed by atoms with E-state index in [-0.39, 0.29) is 34.7 Å². The van der Waals surface area contributed by atoms with Crippen LogP contribution in [0.25, 0.3) is 11.1 Å². The number of nitrogens with one attached hydrogen (secondary N) is 1. The van der Waals surface area contributed by atoms with E-state index in [1.807, 2.05) is 22.6 Å². The molecule has 0 spiro atoms. The van der Waals surface area contributed by atoms with E-state index >= 15 is 0 Å². The minimum Gasteiger partial charge on any atom is -0.439 e. The molecule has 1 aliphatic rings. The normalized spacial score (nSPS) is 14.6. The number of rotatable bonds is 5. The third-order valence-corrected chi connectivity index (χ3v) is 7.03. The number of fused-ring (bicyclic) bond motifs is 1. The van der Waals surface area contributed by atoms with Gasteiger partial charge in [0.2, 0.25) is 10.0 Å². The van der Waals surface area contributed by atoms with E-state index in [4.69, 9.17) is 4.42 Å². The SMILES string of the molecule is Cc1nc2c(F)c(F)c(Cc3ccc(I)cc3F)c(NS(=O)(=O)C3CC3)c2o1. The number of nitrogens with zero attached hydrogens (tertiary/aromatic N) is 1. The van der Waals surface area contributed by atoms with Gasteiger partial charge in [-0.2, -0.15) is 0 Å². The summed E-state index contributed by atoms with van der Waals surface area (Å²) in [5.74, 6) is -3.09. The number of sulfonamides is 1. The van der Waals surface area contributed by atoms with Gasteiger partial charge in [0, 0.05) is 22.5 Å². The van der Waals surface area contributed by atoms with Gasteiger partial charge in [-0.05, 0) is 53.1 Å². The minimum absolute atomic E-state index is 0.0535. The molecule has 0 unspecified atom stereocenters. The fourth-order valence-electron chi connectivity index (χ4n) is 2.96. The Morgan fingerprint density at radius 2 is 1.96 bits per heavy atom. The summed E-state index contributed by atoms with van der Waals surface area (Å²) in [7, 11) is -3.81. The molecule has 0 bridgehead atoms. The van der Waals surface area contributed by atoms with Crippen LogP contribution in [-0.2, 0) is 16.4 Å². The number of benzene rings is 2. The summed E-state index contributed by atoms with van der Waals surface area (Å²) < 4.78 is 77.0. The van der Waals surface area contributed by atoms with Crippen LogP contribution in [0.15, 0.2) is 22.6 Å². The van der Waals surface area contributed by atoms with E-state index in [1.165, 1.54) is 19.1 Å². The zero-order valence-corrected chi connectivity index (χ0v) is 17.5. The molecule has 0 radical (unpaired) electrons. The molecule has 0 aliphatic heterocycles. The fraction of sp³-hybridized carbons (Fsp3) is 0.278. The number of oxazole rings is 1. The first-order chi connectivity index (χ1) is 13.2. The van der Waals surface area contributed by atoms with E-state index in [9.17, 15) is 21.6 Å². The molecule has 0 saturated heterocycles. The van der Waals surface area contributed by atoms with Gasteiger partial charge in [0.25, 0.3) is 0 Å². The molecule has 3 aromatic rings. The summed E-state index contributed by atoms with van der Waals surface area (Å²) in [5, 5.41) is -0.595. The van der Waals surface area contributed by atoms with Crippen molar-refractivity contribution in [3.05, 3.63) is 56.2 Å². The van der Waals surface area contributed by atoms with Crippen LogP contribution in [0.3, 0.4) is 0 Å². The summed E-state index contributed by atoms with van der Waals surface area (Å²) in [6.07, 6.45) is 0.612. The van der Waals surface area contributed by atoms with Crippen molar-refractivity contribution in [3.63, 3.8) is 0 Å². The Bertz CT molecular complexity index is 1210. The van der Waals surface area contributed by atoms with Crippen LogP contribution >= 0.6 is 22.6 Å². The highest BCUT2D eigenvalue weighted by atomic mass is 127. The second-order valence-electron chi connectivity index (χ2n) is 6.65. The molecule has 2 aromatic carbocycles. The predicted molar refractivity (Wildman–Crippen MR) is 106 cm³/mol. The topological polar surface area (TPSA) is 72.2 Å². The van der Waals surface area contributed by atoms with E-state index in [2.05, 4.69) is 9.71 Å². The third-order valence-electron chi connectivity index (χ3n) is 4.52. The summed E-state index contributed by atoms with van der Waals surface area (Å²) in [4.78, 5) is 3.81. The minimum atomic E-state index is -3.81. The number of aryl methyl sites for hydroxylation is 1. The largest absolute Gasteiger partial charge is 0.439 e.